The largest absolute Gasteiger partial charge is 0.370 e. The number of nitrogens with zero attached hydrogens (tertiary/aromatic N) is 3. The van der Waals surface area contributed by atoms with Crippen LogP contribution in [0.5, 0.6) is 0 Å². The highest BCUT2D eigenvalue weighted by atomic mass is 15.1. The second kappa shape index (κ2) is 5.83. The third kappa shape index (κ3) is 3.08. The average molecular weight is 305 g/mol. The number of nitrogens with two attached hydrogens (primary N) is 1. The van der Waals surface area contributed by atoms with Crippen molar-refractivity contribution >= 4 is 22.7 Å². The molecule has 0 amide bonds. The zero-order valence-corrected chi connectivity index (χ0v) is 12.9. The van der Waals surface area contributed by atoms with Gasteiger partial charge in [-0.1, -0.05) is 18.2 Å². The predicted molar refractivity (Wildman–Crippen MR) is 92.4 cm³/mol. The van der Waals surface area contributed by atoms with E-state index in [2.05, 4.69) is 32.4 Å². The molecule has 1 fully saturated rings. The minimum atomic E-state index is 0.353. The van der Waals surface area contributed by atoms with E-state index in [4.69, 9.17) is 5.73 Å². The highest BCUT2D eigenvalue weighted by Crippen LogP contribution is 2.39. The third-order valence-corrected chi connectivity index (χ3v) is 4.20. The standard InChI is InChI=1S/C18H19N5/c19-18-22-16(13-5-6-13)11-17(23-18)21-10-8-12-7-9-20-15-4-2-1-3-14(12)15/h1-4,7,9,11,13H,5-6,8,10H2,(H3,19,21,22,23). The van der Waals surface area contributed by atoms with Crippen LogP contribution in [-0.4, -0.2) is 21.5 Å². The molecule has 3 aromatic rings. The Labute approximate surface area is 135 Å². The molecule has 3 N–H and O–H groups in total. The highest BCUT2D eigenvalue weighted by Gasteiger charge is 2.25. The Morgan fingerprint density at radius 1 is 1.13 bits per heavy atom. The number of anilines is 2. The lowest BCUT2D eigenvalue weighted by molar-refractivity contribution is 0.971. The lowest BCUT2D eigenvalue weighted by Crippen LogP contribution is -2.09. The Bertz CT molecular complexity index is 836. The fraction of sp³-hybridized carbons (Fsp3) is 0.278. The summed E-state index contributed by atoms with van der Waals surface area (Å²) >= 11 is 0. The molecule has 0 unspecified atom stereocenters. The van der Waals surface area contributed by atoms with Gasteiger partial charge in [0.1, 0.15) is 5.82 Å². The maximum Gasteiger partial charge on any atom is 0.222 e. The molecule has 0 atom stereocenters. The summed E-state index contributed by atoms with van der Waals surface area (Å²) in [7, 11) is 0. The fourth-order valence-electron chi connectivity index (χ4n) is 2.86. The van der Waals surface area contributed by atoms with Crippen LogP contribution >= 0.6 is 0 Å². The second-order valence-electron chi connectivity index (χ2n) is 5.97. The summed E-state index contributed by atoms with van der Waals surface area (Å²) in [6, 6.07) is 12.3. The smallest absolute Gasteiger partial charge is 0.222 e. The van der Waals surface area contributed by atoms with E-state index in [9.17, 15) is 0 Å². The second-order valence-corrected chi connectivity index (χ2v) is 5.97. The van der Waals surface area contributed by atoms with Crippen molar-refractivity contribution in [2.75, 3.05) is 17.6 Å². The van der Waals surface area contributed by atoms with Crippen molar-refractivity contribution in [1.82, 2.24) is 15.0 Å². The molecule has 116 valence electrons. The van der Waals surface area contributed by atoms with Gasteiger partial charge in [-0.2, -0.15) is 4.98 Å². The summed E-state index contributed by atoms with van der Waals surface area (Å²) in [4.78, 5) is 13.0. The number of para-hydroxylation sites is 1. The Morgan fingerprint density at radius 3 is 2.87 bits per heavy atom. The summed E-state index contributed by atoms with van der Waals surface area (Å²) in [5, 5.41) is 4.58. The van der Waals surface area contributed by atoms with Crippen LogP contribution in [0.1, 0.15) is 30.0 Å². The van der Waals surface area contributed by atoms with Crippen molar-refractivity contribution < 1.29 is 0 Å². The molecule has 0 saturated heterocycles. The van der Waals surface area contributed by atoms with Gasteiger partial charge in [0.25, 0.3) is 0 Å². The van der Waals surface area contributed by atoms with E-state index in [1.165, 1.54) is 23.8 Å². The SMILES string of the molecule is Nc1nc(NCCc2ccnc3ccccc23)cc(C2CC2)n1. The van der Waals surface area contributed by atoms with Gasteiger partial charge in [0.05, 0.1) is 11.2 Å². The number of fused-ring (bicyclic) bond motifs is 1. The Hall–Kier alpha value is -2.69. The van der Waals surface area contributed by atoms with Crippen LogP contribution in [0.4, 0.5) is 11.8 Å². The van der Waals surface area contributed by atoms with E-state index in [0.717, 1.165) is 30.0 Å². The molecule has 2 aromatic heterocycles. The highest BCUT2D eigenvalue weighted by molar-refractivity contribution is 5.81. The van der Waals surface area contributed by atoms with Crippen LogP contribution in [0, 0.1) is 0 Å². The third-order valence-electron chi connectivity index (χ3n) is 4.20. The molecule has 0 radical (unpaired) electrons. The van der Waals surface area contributed by atoms with Gasteiger partial charge in [-0.25, -0.2) is 4.98 Å². The fourth-order valence-corrected chi connectivity index (χ4v) is 2.86. The van der Waals surface area contributed by atoms with Gasteiger partial charge >= 0.3 is 0 Å². The molecule has 23 heavy (non-hydrogen) atoms. The van der Waals surface area contributed by atoms with Gasteiger partial charge in [0, 0.05) is 30.1 Å². The lowest BCUT2D eigenvalue weighted by atomic mass is 10.1. The van der Waals surface area contributed by atoms with Crippen molar-refractivity contribution in [1.29, 1.82) is 0 Å². The number of aromatic nitrogens is 3. The molecule has 5 heteroatoms. The first kappa shape index (κ1) is 13.9. The van der Waals surface area contributed by atoms with Crippen molar-refractivity contribution in [2.45, 2.75) is 25.2 Å². The Balaban J connectivity index is 1.47. The van der Waals surface area contributed by atoms with Gasteiger partial charge in [-0.3, -0.25) is 4.98 Å². The number of nitrogens with one attached hydrogen (secondary N) is 1. The Kier molecular flexibility index (Phi) is 3.54. The molecule has 1 aromatic carbocycles. The summed E-state index contributed by atoms with van der Waals surface area (Å²) in [6.45, 7) is 0.800. The van der Waals surface area contributed by atoms with E-state index < -0.39 is 0 Å². The van der Waals surface area contributed by atoms with E-state index in [1.807, 2.05) is 30.5 Å². The van der Waals surface area contributed by atoms with Crippen LogP contribution in [0.2, 0.25) is 0 Å². The molecule has 5 nitrogen and oxygen atoms in total. The average Bonchev–Trinajstić information content (AvgIpc) is 3.40. The summed E-state index contributed by atoms with van der Waals surface area (Å²) in [6.07, 6.45) is 5.19. The zero-order valence-electron chi connectivity index (χ0n) is 12.9. The van der Waals surface area contributed by atoms with Crippen LogP contribution < -0.4 is 11.1 Å². The molecular formula is C18H19N5. The Morgan fingerprint density at radius 2 is 2.00 bits per heavy atom. The van der Waals surface area contributed by atoms with Gasteiger partial charge in [0.2, 0.25) is 5.95 Å². The van der Waals surface area contributed by atoms with Crippen molar-refractivity contribution in [3.63, 3.8) is 0 Å². The molecule has 1 saturated carbocycles. The predicted octanol–water partition coefficient (Wildman–Crippen LogP) is 3.14. The van der Waals surface area contributed by atoms with Gasteiger partial charge in [-0.15, -0.1) is 0 Å². The van der Waals surface area contributed by atoms with Crippen LogP contribution in [0.3, 0.4) is 0 Å². The summed E-state index contributed by atoms with van der Waals surface area (Å²) in [5.41, 5.74) is 9.20. The van der Waals surface area contributed by atoms with Gasteiger partial charge in [0.15, 0.2) is 0 Å². The van der Waals surface area contributed by atoms with E-state index in [1.54, 1.807) is 0 Å². The minimum absolute atomic E-state index is 0.353. The van der Waals surface area contributed by atoms with Gasteiger partial charge in [-0.05, 0) is 37.0 Å². The number of hydrogen-bond acceptors (Lipinski definition) is 5. The van der Waals surface area contributed by atoms with Gasteiger partial charge < -0.3 is 11.1 Å². The normalized spacial score (nSPS) is 14.1. The first-order chi connectivity index (χ1) is 11.3. The van der Waals surface area contributed by atoms with E-state index >= 15 is 0 Å². The number of pyridine rings is 1. The first-order valence-electron chi connectivity index (χ1n) is 8.00. The molecule has 2 heterocycles. The number of benzene rings is 1. The molecule has 0 bridgehead atoms. The molecule has 4 rings (SSSR count). The van der Waals surface area contributed by atoms with E-state index in [-0.39, 0.29) is 0 Å². The molecule has 1 aliphatic carbocycles. The monoisotopic (exact) mass is 305 g/mol. The zero-order chi connectivity index (χ0) is 15.6. The maximum absolute atomic E-state index is 5.81. The van der Waals surface area contributed by atoms with Crippen LogP contribution in [-0.2, 0) is 6.42 Å². The molecule has 0 aliphatic heterocycles. The minimum Gasteiger partial charge on any atom is -0.370 e. The lowest BCUT2D eigenvalue weighted by Gasteiger charge is -2.09. The van der Waals surface area contributed by atoms with Crippen molar-refractivity contribution in [3.8, 4) is 0 Å². The quantitative estimate of drug-likeness (QED) is 0.757. The van der Waals surface area contributed by atoms with Crippen molar-refractivity contribution in [2.24, 2.45) is 0 Å². The molecule has 1 aliphatic rings. The van der Waals surface area contributed by atoms with Crippen LogP contribution in [0.25, 0.3) is 10.9 Å². The number of hydrogen-bond donors (Lipinski definition) is 2. The topological polar surface area (TPSA) is 76.7 Å². The summed E-state index contributed by atoms with van der Waals surface area (Å²) in [5.74, 6) is 1.74. The summed E-state index contributed by atoms with van der Waals surface area (Å²) < 4.78 is 0. The van der Waals surface area contributed by atoms with E-state index in [0.29, 0.717) is 11.9 Å². The first-order valence-corrected chi connectivity index (χ1v) is 8.00. The van der Waals surface area contributed by atoms with Crippen LogP contribution in [0.15, 0.2) is 42.6 Å². The number of nitrogen functional groups attached to an aromatic ring is 1. The molecule has 0 spiro atoms. The molecular weight excluding hydrogens is 286 g/mol. The number of rotatable bonds is 5. The maximum atomic E-state index is 5.81. The van der Waals surface area contributed by atoms with Crippen molar-refractivity contribution in [3.05, 3.63) is 53.9 Å².